The fraction of sp³-hybridized carbons (Fsp3) is 0.419. The first kappa shape index (κ1) is 24.0. The van der Waals surface area contributed by atoms with Gasteiger partial charge in [0.25, 0.3) is 0 Å². The Morgan fingerprint density at radius 1 is 1.00 bits per heavy atom. The van der Waals surface area contributed by atoms with Crippen molar-refractivity contribution in [2.45, 2.75) is 70.9 Å². The normalized spacial score (nSPS) is 23.9. The molecule has 2 aromatic heterocycles. The maximum atomic E-state index is 13.9. The van der Waals surface area contributed by atoms with Gasteiger partial charge in [0.2, 0.25) is 5.91 Å². The van der Waals surface area contributed by atoms with Crippen LogP contribution in [0.4, 0.5) is 0 Å². The second-order valence-electron chi connectivity index (χ2n) is 10.9. The van der Waals surface area contributed by atoms with Crippen LogP contribution < -0.4 is 5.63 Å². The first-order chi connectivity index (χ1) is 17.8. The average molecular weight is 500 g/mol. The Kier molecular flexibility index (Phi) is 5.75. The largest absolute Gasteiger partial charge is 0.461 e. The molecule has 1 saturated heterocycles. The summed E-state index contributed by atoms with van der Waals surface area (Å²) in [5.74, 6) is 0.712. The zero-order chi connectivity index (χ0) is 25.9. The molecular formula is C31H33NO5. The van der Waals surface area contributed by atoms with Crippen LogP contribution in [0.2, 0.25) is 0 Å². The molecule has 1 saturated carbocycles. The van der Waals surface area contributed by atoms with Crippen molar-refractivity contribution in [1.29, 1.82) is 0 Å². The van der Waals surface area contributed by atoms with Crippen LogP contribution in [0.3, 0.4) is 0 Å². The number of likely N-dealkylation sites (tertiary alicyclic amines) is 1. The Labute approximate surface area is 215 Å². The molecule has 192 valence electrons. The van der Waals surface area contributed by atoms with Crippen LogP contribution in [0.1, 0.15) is 66.2 Å². The summed E-state index contributed by atoms with van der Waals surface area (Å²) < 4.78 is 11.5. The molecular weight excluding hydrogens is 466 g/mol. The molecule has 0 radical (unpaired) electrons. The van der Waals surface area contributed by atoms with Gasteiger partial charge in [-0.1, -0.05) is 43.2 Å². The minimum absolute atomic E-state index is 0.0175. The van der Waals surface area contributed by atoms with E-state index in [4.69, 9.17) is 8.83 Å². The predicted octanol–water partition coefficient (Wildman–Crippen LogP) is 5.90. The molecule has 2 aliphatic rings. The number of rotatable bonds is 3. The zero-order valence-corrected chi connectivity index (χ0v) is 21.7. The van der Waals surface area contributed by atoms with Gasteiger partial charge in [-0.2, -0.15) is 0 Å². The number of fused-ring (bicyclic) bond motifs is 3. The van der Waals surface area contributed by atoms with Gasteiger partial charge in [0, 0.05) is 29.3 Å². The van der Waals surface area contributed by atoms with E-state index >= 15 is 0 Å². The fourth-order valence-electron chi connectivity index (χ4n) is 6.71. The monoisotopic (exact) mass is 499 g/mol. The van der Waals surface area contributed by atoms with Gasteiger partial charge in [0.05, 0.1) is 23.6 Å². The average Bonchev–Trinajstić information content (AvgIpc) is 3.17. The summed E-state index contributed by atoms with van der Waals surface area (Å²) in [7, 11) is 0. The Morgan fingerprint density at radius 3 is 2.51 bits per heavy atom. The Balaban J connectivity index is 1.39. The quantitative estimate of drug-likeness (QED) is 0.355. The molecule has 1 amide bonds. The summed E-state index contributed by atoms with van der Waals surface area (Å²) >= 11 is 0. The number of carbonyl (C=O) groups is 1. The number of furan rings is 1. The maximum absolute atomic E-state index is 13.9. The van der Waals surface area contributed by atoms with Crippen LogP contribution in [0.15, 0.2) is 56.1 Å². The van der Waals surface area contributed by atoms with Gasteiger partial charge >= 0.3 is 5.63 Å². The molecule has 3 atom stereocenters. The van der Waals surface area contributed by atoms with Crippen LogP contribution >= 0.6 is 0 Å². The Bertz CT molecular complexity index is 1570. The van der Waals surface area contributed by atoms with Gasteiger partial charge in [-0.15, -0.1) is 0 Å². The molecule has 6 rings (SSSR count). The lowest BCUT2D eigenvalue weighted by molar-refractivity contribution is -0.154. The van der Waals surface area contributed by atoms with Gasteiger partial charge in [0.15, 0.2) is 0 Å². The summed E-state index contributed by atoms with van der Waals surface area (Å²) in [6, 6.07) is 13.6. The molecule has 2 aromatic carbocycles. The molecule has 3 heterocycles. The summed E-state index contributed by atoms with van der Waals surface area (Å²) in [5, 5.41) is 13.3. The molecule has 2 unspecified atom stereocenters. The molecule has 0 spiro atoms. The second kappa shape index (κ2) is 8.88. The number of hydrogen-bond acceptors (Lipinski definition) is 5. The van der Waals surface area contributed by atoms with Gasteiger partial charge in [-0.05, 0) is 62.8 Å². The van der Waals surface area contributed by atoms with E-state index in [-0.39, 0.29) is 24.3 Å². The minimum Gasteiger partial charge on any atom is -0.461 e. The fourth-order valence-corrected chi connectivity index (χ4v) is 6.71. The smallest absolute Gasteiger partial charge is 0.340 e. The van der Waals surface area contributed by atoms with E-state index in [0.29, 0.717) is 29.7 Å². The highest BCUT2D eigenvalue weighted by atomic mass is 16.4. The summed E-state index contributed by atoms with van der Waals surface area (Å²) in [4.78, 5) is 28.9. The van der Waals surface area contributed by atoms with Crippen molar-refractivity contribution in [3.8, 4) is 0 Å². The Morgan fingerprint density at radius 2 is 1.73 bits per heavy atom. The number of aliphatic hydroxyl groups is 1. The molecule has 37 heavy (non-hydrogen) atoms. The second-order valence-corrected chi connectivity index (χ2v) is 10.9. The molecule has 1 N–H and O–H groups in total. The molecule has 0 bridgehead atoms. The minimum atomic E-state index is -0.751. The summed E-state index contributed by atoms with van der Waals surface area (Å²) in [6.07, 6.45) is 4.26. The molecule has 1 aliphatic carbocycles. The topological polar surface area (TPSA) is 83.9 Å². The van der Waals surface area contributed by atoms with Crippen LogP contribution in [-0.4, -0.2) is 28.1 Å². The predicted molar refractivity (Wildman–Crippen MR) is 143 cm³/mol. The van der Waals surface area contributed by atoms with Gasteiger partial charge in [-0.25, -0.2) is 4.79 Å². The van der Waals surface area contributed by atoms with E-state index in [2.05, 4.69) is 0 Å². The van der Waals surface area contributed by atoms with Crippen LogP contribution in [0.25, 0.3) is 21.9 Å². The molecule has 1 aliphatic heterocycles. The van der Waals surface area contributed by atoms with Crippen molar-refractivity contribution >= 4 is 27.8 Å². The highest BCUT2D eigenvalue weighted by Crippen LogP contribution is 2.49. The number of piperidine rings is 1. The Hall–Kier alpha value is -3.38. The highest BCUT2D eigenvalue weighted by molar-refractivity contribution is 5.97. The maximum Gasteiger partial charge on any atom is 0.340 e. The van der Waals surface area contributed by atoms with Crippen molar-refractivity contribution in [2.24, 2.45) is 5.92 Å². The number of aryl methyl sites for hydroxylation is 3. The van der Waals surface area contributed by atoms with E-state index in [0.717, 1.165) is 58.9 Å². The molecule has 6 nitrogen and oxygen atoms in total. The van der Waals surface area contributed by atoms with Gasteiger partial charge in [-0.3, -0.25) is 4.79 Å². The summed E-state index contributed by atoms with van der Waals surface area (Å²) in [6.45, 7) is 6.29. The van der Waals surface area contributed by atoms with E-state index in [1.165, 1.54) is 0 Å². The van der Waals surface area contributed by atoms with Crippen molar-refractivity contribution < 1.29 is 18.7 Å². The SMILES string of the molecule is Cc1oc2cc3oc(=O)c(CC(=O)N4CCC5(O)CCCCC5[C@@H]4c4ccccc4)c(C)c3cc2c1C. The van der Waals surface area contributed by atoms with Crippen molar-refractivity contribution in [2.75, 3.05) is 6.54 Å². The van der Waals surface area contributed by atoms with Crippen molar-refractivity contribution in [1.82, 2.24) is 4.90 Å². The lowest BCUT2D eigenvalue weighted by atomic mass is 9.66. The molecule has 4 aromatic rings. The van der Waals surface area contributed by atoms with E-state index in [1.54, 1.807) is 6.07 Å². The highest BCUT2D eigenvalue weighted by Gasteiger charge is 2.50. The third-order valence-corrected chi connectivity index (χ3v) is 8.94. The standard InChI is InChI=1S/C31H33NO5/c1-18-20(3)36-26-17-27-23(15-22(18)26)19(2)24(30(34)37-27)16-28(33)32-14-13-31(35)12-8-7-11-25(31)29(32)21-9-5-4-6-10-21/h4-6,9-10,15,17,25,29,35H,7-8,11-14,16H2,1-3H3/t25?,29-,31?/m0/s1. The van der Waals surface area contributed by atoms with Crippen LogP contribution in [0.5, 0.6) is 0 Å². The van der Waals surface area contributed by atoms with Crippen LogP contribution in [0, 0.1) is 26.7 Å². The third kappa shape index (κ3) is 3.89. The number of hydrogen-bond donors (Lipinski definition) is 1. The van der Waals surface area contributed by atoms with Crippen molar-refractivity contribution in [3.63, 3.8) is 0 Å². The van der Waals surface area contributed by atoms with E-state index in [1.807, 2.05) is 62.1 Å². The first-order valence-electron chi connectivity index (χ1n) is 13.3. The van der Waals surface area contributed by atoms with E-state index in [9.17, 15) is 14.7 Å². The molecule has 6 heteroatoms. The number of carbonyl (C=O) groups excluding carboxylic acids is 1. The lowest BCUT2D eigenvalue weighted by Gasteiger charge is -2.52. The number of amides is 1. The lowest BCUT2D eigenvalue weighted by Crippen LogP contribution is -2.56. The van der Waals surface area contributed by atoms with Gasteiger partial charge in [0.1, 0.15) is 16.9 Å². The van der Waals surface area contributed by atoms with Crippen LogP contribution in [-0.2, 0) is 11.2 Å². The zero-order valence-electron chi connectivity index (χ0n) is 21.7. The van der Waals surface area contributed by atoms with Gasteiger partial charge < -0.3 is 18.8 Å². The third-order valence-electron chi connectivity index (χ3n) is 8.94. The number of benzene rings is 2. The summed E-state index contributed by atoms with van der Waals surface area (Å²) in [5.41, 5.74) is 3.17. The first-order valence-corrected chi connectivity index (χ1v) is 13.3. The van der Waals surface area contributed by atoms with E-state index < -0.39 is 11.2 Å². The van der Waals surface area contributed by atoms with Crippen molar-refractivity contribution in [3.05, 3.63) is 80.9 Å². The number of nitrogens with zero attached hydrogens (tertiary/aromatic N) is 1. The molecule has 2 fully saturated rings.